The predicted octanol–water partition coefficient (Wildman–Crippen LogP) is 3.58. The van der Waals surface area contributed by atoms with Crippen molar-refractivity contribution in [3.63, 3.8) is 0 Å². The number of nitrogens with zero attached hydrogens (tertiary/aromatic N) is 4. The van der Waals surface area contributed by atoms with E-state index in [-0.39, 0.29) is 11.7 Å². The molecule has 0 aliphatic rings. The second kappa shape index (κ2) is 9.47. The van der Waals surface area contributed by atoms with Gasteiger partial charge in [0.15, 0.2) is 0 Å². The zero-order valence-corrected chi connectivity index (χ0v) is 17.2. The van der Waals surface area contributed by atoms with E-state index in [4.69, 9.17) is 0 Å². The molecule has 0 radical (unpaired) electrons. The highest BCUT2D eigenvalue weighted by molar-refractivity contribution is 5.94. The quantitative estimate of drug-likeness (QED) is 0.586. The highest BCUT2D eigenvalue weighted by atomic mass is 19.1. The Balaban J connectivity index is 1.81. The van der Waals surface area contributed by atoms with Crippen LogP contribution in [0.2, 0.25) is 0 Å². The van der Waals surface area contributed by atoms with E-state index in [9.17, 15) is 9.18 Å². The third-order valence-corrected chi connectivity index (χ3v) is 4.84. The summed E-state index contributed by atoms with van der Waals surface area (Å²) in [6.45, 7) is 4.06. The van der Waals surface area contributed by atoms with Crippen LogP contribution in [0.5, 0.6) is 0 Å². The first-order valence-electron chi connectivity index (χ1n) is 9.68. The number of rotatable bonds is 8. The lowest BCUT2D eigenvalue weighted by Gasteiger charge is -2.25. The average molecular weight is 394 g/mol. The number of imidazole rings is 1. The Morgan fingerprint density at radius 3 is 2.48 bits per heavy atom. The predicted molar refractivity (Wildman–Crippen MR) is 112 cm³/mol. The Morgan fingerprint density at radius 1 is 1.07 bits per heavy atom. The first kappa shape index (κ1) is 20.7. The van der Waals surface area contributed by atoms with Gasteiger partial charge in [-0.05, 0) is 39.2 Å². The van der Waals surface area contributed by atoms with Gasteiger partial charge in [-0.25, -0.2) is 9.37 Å². The van der Waals surface area contributed by atoms with Crippen molar-refractivity contribution in [2.24, 2.45) is 0 Å². The Bertz CT molecular complexity index is 950. The standard InChI is InChI=1S/C23H27FN4O/c1-18-8-10-19(11-9-18)23(29)28(15-14-26(2)3)17-22-25-12-13-27(22)16-20-6-4-5-7-21(20)24/h4-13H,14-17H2,1-3H3. The van der Waals surface area contributed by atoms with E-state index >= 15 is 0 Å². The highest BCUT2D eigenvalue weighted by Gasteiger charge is 2.19. The minimum Gasteiger partial charge on any atom is -0.330 e. The molecule has 1 heterocycles. The molecule has 0 spiro atoms. The summed E-state index contributed by atoms with van der Waals surface area (Å²) >= 11 is 0. The molecule has 0 aliphatic heterocycles. The molecule has 6 heteroatoms. The number of carbonyl (C=O) groups excluding carboxylic acids is 1. The van der Waals surface area contributed by atoms with E-state index in [1.807, 2.05) is 67.0 Å². The van der Waals surface area contributed by atoms with E-state index in [0.29, 0.717) is 30.8 Å². The summed E-state index contributed by atoms with van der Waals surface area (Å²) < 4.78 is 16.0. The Hall–Kier alpha value is -2.99. The zero-order valence-electron chi connectivity index (χ0n) is 17.2. The fraction of sp³-hybridized carbons (Fsp3) is 0.304. The zero-order chi connectivity index (χ0) is 20.8. The number of likely N-dealkylation sites (N-methyl/N-ethyl adjacent to an activating group) is 1. The summed E-state index contributed by atoms with van der Waals surface area (Å²) in [6, 6.07) is 14.3. The molecule has 1 amide bonds. The average Bonchev–Trinajstić information content (AvgIpc) is 3.13. The molecule has 1 aromatic heterocycles. The van der Waals surface area contributed by atoms with Gasteiger partial charge in [-0.1, -0.05) is 35.9 Å². The van der Waals surface area contributed by atoms with Crippen LogP contribution in [0.1, 0.15) is 27.3 Å². The summed E-state index contributed by atoms with van der Waals surface area (Å²) in [6.07, 6.45) is 3.51. The normalized spacial score (nSPS) is 11.1. The van der Waals surface area contributed by atoms with Gasteiger partial charge < -0.3 is 14.4 Å². The minimum absolute atomic E-state index is 0.0349. The lowest BCUT2D eigenvalue weighted by molar-refractivity contribution is 0.0726. The van der Waals surface area contributed by atoms with Crippen LogP contribution < -0.4 is 0 Å². The maximum atomic E-state index is 14.1. The molecule has 5 nitrogen and oxygen atoms in total. The van der Waals surface area contributed by atoms with Gasteiger partial charge in [0.1, 0.15) is 11.6 Å². The minimum atomic E-state index is -0.243. The number of hydrogen-bond donors (Lipinski definition) is 0. The summed E-state index contributed by atoms with van der Waals surface area (Å²) in [5.74, 6) is 0.451. The van der Waals surface area contributed by atoms with Gasteiger partial charge in [0.25, 0.3) is 5.91 Å². The van der Waals surface area contributed by atoms with Gasteiger partial charge in [-0.15, -0.1) is 0 Å². The van der Waals surface area contributed by atoms with Crippen molar-refractivity contribution in [3.8, 4) is 0 Å². The van der Waals surface area contributed by atoms with Crippen molar-refractivity contribution in [1.29, 1.82) is 0 Å². The van der Waals surface area contributed by atoms with Gasteiger partial charge >= 0.3 is 0 Å². The molecule has 152 valence electrons. The number of amides is 1. The second-order valence-electron chi connectivity index (χ2n) is 7.46. The van der Waals surface area contributed by atoms with Gasteiger partial charge in [-0.3, -0.25) is 4.79 Å². The van der Waals surface area contributed by atoms with E-state index < -0.39 is 0 Å². The van der Waals surface area contributed by atoms with Gasteiger partial charge in [0.2, 0.25) is 0 Å². The summed E-state index contributed by atoms with van der Waals surface area (Å²) in [7, 11) is 3.96. The van der Waals surface area contributed by atoms with E-state index in [2.05, 4.69) is 4.98 Å². The number of aromatic nitrogens is 2. The maximum absolute atomic E-state index is 14.1. The van der Waals surface area contributed by atoms with E-state index in [1.54, 1.807) is 23.2 Å². The SMILES string of the molecule is Cc1ccc(C(=O)N(CCN(C)C)Cc2nccn2Cc2ccccc2F)cc1. The van der Waals surface area contributed by atoms with Crippen LogP contribution >= 0.6 is 0 Å². The van der Waals surface area contributed by atoms with Gasteiger partial charge in [0, 0.05) is 36.6 Å². The number of benzene rings is 2. The molecule has 0 saturated heterocycles. The molecule has 0 aliphatic carbocycles. The van der Waals surface area contributed by atoms with E-state index in [0.717, 1.165) is 17.9 Å². The molecule has 0 saturated carbocycles. The second-order valence-corrected chi connectivity index (χ2v) is 7.46. The van der Waals surface area contributed by atoms with Crippen LogP contribution in [-0.2, 0) is 13.1 Å². The van der Waals surface area contributed by atoms with Crippen molar-refractivity contribution < 1.29 is 9.18 Å². The fourth-order valence-corrected chi connectivity index (χ4v) is 3.07. The van der Waals surface area contributed by atoms with Crippen molar-refractivity contribution in [3.05, 3.63) is 89.3 Å². The lowest BCUT2D eigenvalue weighted by atomic mass is 10.1. The van der Waals surface area contributed by atoms with Crippen molar-refractivity contribution in [2.45, 2.75) is 20.0 Å². The summed E-state index contributed by atoms with van der Waals surface area (Å²) in [5, 5.41) is 0. The third kappa shape index (κ3) is 5.51. The molecule has 3 aromatic rings. The maximum Gasteiger partial charge on any atom is 0.254 e. The van der Waals surface area contributed by atoms with Crippen LogP contribution in [0.25, 0.3) is 0 Å². The molecular weight excluding hydrogens is 367 g/mol. The molecule has 3 rings (SSSR count). The van der Waals surface area contributed by atoms with Crippen molar-refractivity contribution >= 4 is 5.91 Å². The smallest absolute Gasteiger partial charge is 0.254 e. The lowest BCUT2D eigenvalue weighted by Crippen LogP contribution is -2.37. The van der Waals surface area contributed by atoms with Crippen LogP contribution in [0, 0.1) is 12.7 Å². The Morgan fingerprint density at radius 2 is 1.79 bits per heavy atom. The molecule has 0 atom stereocenters. The largest absolute Gasteiger partial charge is 0.330 e. The molecule has 0 bridgehead atoms. The molecule has 0 N–H and O–H groups in total. The van der Waals surface area contributed by atoms with Crippen LogP contribution in [0.15, 0.2) is 60.9 Å². The number of hydrogen-bond acceptors (Lipinski definition) is 3. The summed E-state index contributed by atoms with van der Waals surface area (Å²) in [5.41, 5.74) is 2.36. The van der Waals surface area contributed by atoms with E-state index in [1.165, 1.54) is 6.07 Å². The monoisotopic (exact) mass is 394 g/mol. The molecule has 29 heavy (non-hydrogen) atoms. The number of carbonyl (C=O) groups is 1. The highest BCUT2D eigenvalue weighted by Crippen LogP contribution is 2.14. The first-order valence-corrected chi connectivity index (χ1v) is 9.68. The number of halogens is 1. The Labute approximate surface area is 171 Å². The Kier molecular flexibility index (Phi) is 6.77. The summed E-state index contributed by atoms with van der Waals surface area (Å²) in [4.78, 5) is 21.4. The van der Waals surface area contributed by atoms with Crippen LogP contribution in [-0.4, -0.2) is 52.4 Å². The number of aryl methyl sites for hydroxylation is 1. The van der Waals surface area contributed by atoms with Crippen LogP contribution in [0.4, 0.5) is 4.39 Å². The first-order chi connectivity index (χ1) is 13.9. The molecule has 0 fully saturated rings. The van der Waals surface area contributed by atoms with Crippen LogP contribution in [0.3, 0.4) is 0 Å². The molecule has 0 unspecified atom stereocenters. The molecular formula is C23H27FN4O. The van der Waals surface area contributed by atoms with Gasteiger partial charge in [-0.2, -0.15) is 0 Å². The molecule has 2 aromatic carbocycles. The van der Waals surface area contributed by atoms with Gasteiger partial charge in [0.05, 0.1) is 13.1 Å². The fourth-order valence-electron chi connectivity index (χ4n) is 3.07. The van der Waals surface area contributed by atoms with Crippen molar-refractivity contribution in [2.75, 3.05) is 27.2 Å². The van der Waals surface area contributed by atoms with Crippen molar-refractivity contribution in [1.82, 2.24) is 19.4 Å². The topological polar surface area (TPSA) is 41.4 Å². The third-order valence-electron chi connectivity index (χ3n) is 4.84.